The van der Waals surface area contributed by atoms with Gasteiger partial charge >= 0.3 is 0 Å². The highest BCUT2D eigenvalue weighted by Crippen LogP contribution is 2.45. The zero-order valence-electron chi connectivity index (χ0n) is 32.5. The van der Waals surface area contributed by atoms with Gasteiger partial charge in [0.15, 0.2) is 0 Å². The summed E-state index contributed by atoms with van der Waals surface area (Å²) in [6.45, 7) is 0. The number of hydrogen-bond acceptors (Lipinski definition) is 0. The van der Waals surface area contributed by atoms with E-state index in [1.165, 1.54) is 0 Å². The summed E-state index contributed by atoms with van der Waals surface area (Å²) in [4.78, 5) is 0. The van der Waals surface area contributed by atoms with Crippen molar-refractivity contribution >= 4 is 43.1 Å². The van der Waals surface area contributed by atoms with Crippen LogP contribution in [0.25, 0.3) is 65.3 Å². The SMILES string of the molecule is [2H]c1c([2H])c([2H])c2c([2H])c(-c3c4c([2H])c([2H])c([2H])c([2H])c4c(-c4cccc5ccccc45)c4c([2H])c([2H])c([2H])c([2H])c34)c([2H])c([2H])c2c1[2H]. The van der Waals surface area contributed by atoms with E-state index in [2.05, 4.69) is 0 Å². The minimum Gasteiger partial charge on any atom is -0.0616 e. The molecule has 7 aromatic rings. The summed E-state index contributed by atoms with van der Waals surface area (Å²) < 4.78 is 132. The molecule has 0 atom stereocenters. The molecule has 0 heterocycles. The monoisotopic (exact) mass is 445 g/mol. The average Bonchev–Trinajstić information content (AvgIpc) is 3.09. The van der Waals surface area contributed by atoms with Gasteiger partial charge in [0.05, 0.1) is 20.6 Å². The van der Waals surface area contributed by atoms with Gasteiger partial charge in [-0.05, 0) is 71.4 Å². The summed E-state index contributed by atoms with van der Waals surface area (Å²) in [5.41, 5.74) is -0.333. The van der Waals surface area contributed by atoms with Crippen LogP contribution in [0, 0.1) is 0 Å². The smallest absolute Gasteiger partial charge is 0.0616 e. The molecular formula is C34H22. The van der Waals surface area contributed by atoms with Crippen LogP contribution < -0.4 is 0 Å². The van der Waals surface area contributed by atoms with Crippen LogP contribution in [0.15, 0.2) is 133 Å². The molecule has 0 saturated carbocycles. The van der Waals surface area contributed by atoms with Gasteiger partial charge in [-0.2, -0.15) is 0 Å². The molecule has 0 aliphatic rings. The van der Waals surface area contributed by atoms with Crippen molar-refractivity contribution in [3.05, 3.63) is 133 Å². The Kier molecular flexibility index (Phi) is 2.10. The Bertz CT molecular complexity index is 2580. The van der Waals surface area contributed by atoms with Gasteiger partial charge in [-0.1, -0.05) is 127 Å². The Morgan fingerprint density at radius 1 is 0.412 bits per heavy atom. The second-order valence-electron chi connectivity index (χ2n) is 7.78. The summed E-state index contributed by atoms with van der Waals surface area (Å²) >= 11 is 0. The first kappa shape index (κ1) is 9.44. The van der Waals surface area contributed by atoms with Crippen LogP contribution in [0.5, 0.6) is 0 Å². The van der Waals surface area contributed by atoms with E-state index in [1.807, 2.05) is 18.2 Å². The lowest BCUT2D eigenvalue weighted by molar-refractivity contribution is 1.68. The lowest BCUT2D eigenvalue weighted by atomic mass is 9.84. The van der Waals surface area contributed by atoms with Crippen molar-refractivity contribution in [2.45, 2.75) is 0 Å². The molecule has 0 spiro atoms. The van der Waals surface area contributed by atoms with Gasteiger partial charge in [0.2, 0.25) is 0 Å². The quantitative estimate of drug-likeness (QED) is 0.232. The first-order valence-electron chi connectivity index (χ1n) is 18.1. The number of fused-ring (bicyclic) bond motifs is 4. The molecule has 0 aromatic heterocycles. The molecule has 7 aromatic carbocycles. The molecule has 0 aliphatic heterocycles. The third-order valence-electron chi connectivity index (χ3n) is 5.93. The predicted octanol–water partition coefficient (Wildman–Crippen LogP) is 9.63. The first-order valence-corrected chi connectivity index (χ1v) is 10.6. The summed E-state index contributed by atoms with van der Waals surface area (Å²) in [6.07, 6.45) is 0. The normalized spacial score (nSPS) is 17.7. The van der Waals surface area contributed by atoms with Gasteiger partial charge < -0.3 is 0 Å². The molecule has 0 fully saturated rings. The Morgan fingerprint density at radius 3 is 1.74 bits per heavy atom. The third-order valence-corrected chi connectivity index (χ3v) is 5.93. The lowest BCUT2D eigenvalue weighted by Gasteiger charge is -2.19. The van der Waals surface area contributed by atoms with Crippen LogP contribution in [0.4, 0.5) is 0 Å². The molecule has 7 rings (SSSR count). The zero-order valence-corrected chi connectivity index (χ0v) is 17.5. The topological polar surface area (TPSA) is 0 Å². The molecule has 0 radical (unpaired) electrons. The average molecular weight is 446 g/mol. The van der Waals surface area contributed by atoms with Gasteiger partial charge in [0.25, 0.3) is 0 Å². The van der Waals surface area contributed by atoms with Crippen LogP contribution in [0.2, 0.25) is 0 Å². The standard InChI is InChI=1S/C34H22/c1-2-12-25-22-26(21-20-23(25)10-1)33-29-15-5-7-17-31(29)34(32-18-8-6-16-30(32)33)28-19-9-13-24-11-3-4-14-27(24)28/h1-22H/i1D,2D,5D,6D,7D,8D,10D,12D,15D,16D,17D,18D,20D,21D,22D. The Hall–Kier alpha value is -4.42. The Morgan fingerprint density at radius 2 is 1.00 bits per heavy atom. The van der Waals surface area contributed by atoms with E-state index in [9.17, 15) is 1.37 Å². The number of rotatable bonds is 2. The van der Waals surface area contributed by atoms with Crippen molar-refractivity contribution in [1.82, 2.24) is 0 Å². The third kappa shape index (κ3) is 2.86. The van der Waals surface area contributed by atoms with Crippen LogP contribution in [0.3, 0.4) is 0 Å². The van der Waals surface area contributed by atoms with E-state index < -0.39 is 107 Å². The van der Waals surface area contributed by atoms with Crippen LogP contribution in [0.1, 0.15) is 20.6 Å². The van der Waals surface area contributed by atoms with E-state index >= 15 is 0 Å². The molecule has 158 valence electrons. The van der Waals surface area contributed by atoms with Crippen molar-refractivity contribution in [3.63, 3.8) is 0 Å². The summed E-state index contributed by atoms with van der Waals surface area (Å²) in [5, 5.41) is -0.265. The second kappa shape index (κ2) is 7.57. The first-order chi connectivity index (χ1) is 23.1. The van der Waals surface area contributed by atoms with E-state index in [-0.39, 0.29) is 32.7 Å². The molecule has 0 saturated heterocycles. The van der Waals surface area contributed by atoms with E-state index in [0.717, 1.165) is 5.39 Å². The molecule has 0 N–H and O–H groups in total. The van der Waals surface area contributed by atoms with E-state index in [4.69, 9.17) is 19.2 Å². The highest BCUT2D eigenvalue weighted by molar-refractivity contribution is 6.23. The van der Waals surface area contributed by atoms with Gasteiger partial charge in [-0.25, -0.2) is 0 Å². The van der Waals surface area contributed by atoms with Gasteiger partial charge in [0, 0.05) is 0 Å². The summed E-state index contributed by atoms with van der Waals surface area (Å²) in [6, 6.07) is 2.70. The molecule has 0 amide bonds. The van der Waals surface area contributed by atoms with Crippen molar-refractivity contribution in [2.24, 2.45) is 0 Å². The fourth-order valence-corrected chi connectivity index (χ4v) is 4.49. The zero-order chi connectivity index (χ0) is 35.5. The van der Waals surface area contributed by atoms with Gasteiger partial charge in [0.1, 0.15) is 0 Å². The summed E-state index contributed by atoms with van der Waals surface area (Å²) in [5.74, 6) is 0. The highest BCUT2D eigenvalue weighted by atomic mass is 14.2. The van der Waals surface area contributed by atoms with Crippen molar-refractivity contribution in [3.8, 4) is 22.3 Å². The van der Waals surface area contributed by atoms with Crippen LogP contribution in [-0.2, 0) is 0 Å². The van der Waals surface area contributed by atoms with Crippen LogP contribution in [-0.4, -0.2) is 0 Å². The minimum atomic E-state index is -0.720. The number of benzene rings is 7. The lowest BCUT2D eigenvalue weighted by Crippen LogP contribution is -1.91. The van der Waals surface area contributed by atoms with Crippen molar-refractivity contribution < 1.29 is 20.6 Å². The maximum Gasteiger partial charge on any atom is 0.0636 e. The molecule has 0 nitrogen and oxygen atoms in total. The molecule has 34 heavy (non-hydrogen) atoms. The fourth-order valence-electron chi connectivity index (χ4n) is 4.49. The molecule has 0 heteroatoms. The maximum absolute atomic E-state index is 9.30. The summed E-state index contributed by atoms with van der Waals surface area (Å²) in [7, 11) is 0. The molecular weight excluding hydrogens is 408 g/mol. The van der Waals surface area contributed by atoms with Crippen LogP contribution >= 0.6 is 0 Å². The fraction of sp³-hybridized carbons (Fsp3) is 0. The predicted molar refractivity (Wildman–Crippen MR) is 147 cm³/mol. The maximum atomic E-state index is 9.30. The van der Waals surface area contributed by atoms with E-state index in [0.29, 0.717) is 10.9 Å². The minimum absolute atomic E-state index is 0.0800. The van der Waals surface area contributed by atoms with Crippen molar-refractivity contribution in [1.29, 1.82) is 0 Å². The Balaban J connectivity index is 1.90. The number of hydrogen-bond donors (Lipinski definition) is 0. The van der Waals surface area contributed by atoms with Gasteiger partial charge in [-0.3, -0.25) is 0 Å². The van der Waals surface area contributed by atoms with E-state index in [1.54, 1.807) is 24.3 Å². The molecule has 0 unspecified atom stereocenters. The molecule has 0 aliphatic carbocycles. The van der Waals surface area contributed by atoms with Crippen molar-refractivity contribution in [2.75, 3.05) is 0 Å². The molecule has 0 bridgehead atoms. The second-order valence-corrected chi connectivity index (χ2v) is 7.78. The highest BCUT2D eigenvalue weighted by Gasteiger charge is 2.17. The van der Waals surface area contributed by atoms with Gasteiger partial charge in [-0.15, -0.1) is 0 Å². The Labute approximate surface area is 219 Å². The largest absolute Gasteiger partial charge is 0.0636 e.